The molecule has 0 aromatic rings. The summed E-state index contributed by atoms with van der Waals surface area (Å²) < 4.78 is 5.31. The lowest BCUT2D eigenvalue weighted by molar-refractivity contribution is -0.133. The molecule has 4 nitrogen and oxygen atoms in total. The van der Waals surface area contributed by atoms with Crippen LogP contribution in [0.2, 0.25) is 0 Å². The van der Waals surface area contributed by atoms with Gasteiger partial charge in [0.1, 0.15) is 0 Å². The molecule has 2 fully saturated rings. The maximum absolute atomic E-state index is 12.0. The second-order valence-corrected chi connectivity index (χ2v) is 4.92. The van der Waals surface area contributed by atoms with Crippen LogP contribution in [-0.2, 0) is 9.53 Å². The highest BCUT2D eigenvalue weighted by Gasteiger charge is 2.26. The molecule has 1 unspecified atom stereocenters. The monoisotopic (exact) mass is 226 g/mol. The highest BCUT2D eigenvalue weighted by atomic mass is 16.5. The topological polar surface area (TPSA) is 41.6 Å². The first-order valence-corrected chi connectivity index (χ1v) is 6.31. The molecule has 1 N–H and O–H groups in total. The van der Waals surface area contributed by atoms with E-state index in [2.05, 4.69) is 5.32 Å². The van der Waals surface area contributed by atoms with Crippen molar-refractivity contribution in [2.75, 3.05) is 33.4 Å². The number of likely N-dealkylation sites (N-methyl/N-ethyl adjacent to an activating group) is 1. The molecule has 2 rings (SSSR count). The summed E-state index contributed by atoms with van der Waals surface area (Å²) in [7, 11) is 1.92. The van der Waals surface area contributed by atoms with Gasteiger partial charge in [-0.15, -0.1) is 0 Å². The van der Waals surface area contributed by atoms with Gasteiger partial charge in [0.2, 0.25) is 5.91 Å². The summed E-state index contributed by atoms with van der Waals surface area (Å²) in [4.78, 5) is 13.9. The Labute approximate surface area is 97.3 Å². The largest absolute Gasteiger partial charge is 0.379 e. The van der Waals surface area contributed by atoms with Crippen molar-refractivity contribution in [2.45, 2.75) is 31.7 Å². The van der Waals surface area contributed by atoms with E-state index in [0.717, 1.165) is 39.0 Å². The Balaban J connectivity index is 1.77. The minimum Gasteiger partial charge on any atom is -0.379 e. The number of ether oxygens (including phenoxy) is 1. The number of nitrogens with one attached hydrogen (secondary N) is 1. The molecule has 0 saturated carbocycles. The van der Waals surface area contributed by atoms with Gasteiger partial charge in [-0.3, -0.25) is 4.79 Å². The van der Waals surface area contributed by atoms with Crippen LogP contribution in [0.3, 0.4) is 0 Å². The standard InChI is InChI=1S/C12H22N2O2/c1-14(11-4-7-16-9-11)12(15)8-10-2-5-13-6-3-10/h10-11,13H,2-9H2,1H3. The number of amides is 1. The van der Waals surface area contributed by atoms with Gasteiger partial charge >= 0.3 is 0 Å². The fourth-order valence-electron chi connectivity index (χ4n) is 2.51. The van der Waals surface area contributed by atoms with Crippen LogP contribution in [0.5, 0.6) is 0 Å². The normalized spacial score (nSPS) is 26.9. The maximum Gasteiger partial charge on any atom is 0.222 e. The first-order chi connectivity index (χ1) is 7.77. The summed E-state index contributed by atoms with van der Waals surface area (Å²) in [5, 5.41) is 3.33. The van der Waals surface area contributed by atoms with E-state index >= 15 is 0 Å². The average Bonchev–Trinajstić information content (AvgIpc) is 2.83. The van der Waals surface area contributed by atoms with E-state index in [1.807, 2.05) is 11.9 Å². The molecule has 2 aliphatic rings. The molecule has 2 aliphatic heterocycles. The van der Waals surface area contributed by atoms with Gasteiger partial charge in [-0.05, 0) is 38.3 Å². The number of piperidine rings is 1. The van der Waals surface area contributed by atoms with Gasteiger partial charge in [0.05, 0.1) is 12.6 Å². The van der Waals surface area contributed by atoms with Crippen LogP contribution in [0.4, 0.5) is 0 Å². The summed E-state index contributed by atoms with van der Waals surface area (Å²) >= 11 is 0. The van der Waals surface area contributed by atoms with E-state index in [-0.39, 0.29) is 0 Å². The van der Waals surface area contributed by atoms with Crippen molar-refractivity contribution in [1.29, 1.82) is 0 Å². The predicted octanol–water partition coefficient (Wildman–Crippen LogP) is 0.623. The van der Waals surface area contributed by atoms with E-state index in [1.165, 1.54) is 0 Å². The molecule has 0 radical (unpaired) electrons. The van der Waals surface area contributed by atoms with E-state index in [4.69, 9.17) is 4.74 Å². The molecule has 2 saturated heterocycles. The smallest absolute Gasteiger partial charge is 0.222 e. The molecule has 4 heteroatoms. The van der Waals surface area contributed by atoms with Crippen LogP contribution < -0.4 is 5.32 Å². The quantitative estimate of drug-likeness (QED) is 0.767. The van der Waals surface area contributed by atoms with Gasteiger partial charge in [0.15, 0.2) is 0 Å². The zero-order chi connectivity index (χ0) is 11.4. The van der Waals surface area contributed by atoms with E-state index in [1.54, 1.807) is 0 Å². The van der Waals surface area contributed by atoms with Crippen molar-refractivity contribution >= 4 is 5.91 Å². The van der Waals surface area contributed by atoms with Crippen molar-refractivity contribution in [2.24, 2.45) is 5.92 Å². The minimum absolute atomic E-state index is 0.294. The summed E-state index contributed by atoms with van der Waals surface area (Å²) in [6, 6.07) is 0.314. The highest BCUT2D eigenvalue weighted by molar-refractivity contribution is 5.76. The molecular formula is C12H22N2O2. The molecule has 1 atom stereocenters. The third-order valence-corrected chi connectivity index (χ3v) is 3.77. The fraction of sp³-hybridized carbons (Fsp3) is 0.917. The lowest BCUT2D eigenvalue weighted by atomic mass is 9.94. The second kappa shape index (κ2) is 5.64. The summed E-state index contributed by atoms with van der Waals surface area (Å²) in [6.07, 6.45) is 3.99. The molecule has 16 heavy (non-hydrogen) atoms. The number of hydrogen-bond donors (Lipinski definition) is 1. The first-order valence-electron chi connectivity index (χ1n) is 6.31. The Hall–Kier alpha value is -0.610. The molecule has 0 aromatic carbocycles. The van der Waals surface area contributed by atoms with Gasteiger partial charge in [-0.25, -0.2) is 0 Å². The van der Waals surface area contributed by atoms with Crippen molar-refractivity contribution in [3.05, 3.63) is 0 Å². The Morgan fingerprint density at radius 2 is 2.12 bits per heavy atom. The van der Waals surface area contributed by atoms with Crippen molar-refractivity contribution in [1.82, 2.24) is 10.2 Å². The van der Waals surface area contributed by atoms with Crippen LogP contribution >= 0.6 is 0 Å². The number of rotatable bonds is 3. The van der Waals surface area contributed by atoms with Crippen molar-refractivity contribution in [3.8, 4) is 0 Å². The van der Waals surface area contributed by atoms with Crippen LogP contribution in [-0.4, -0.2) is 50.2 Å². The Kier molecular flexibility index (Phi) is 4.18. The van der Waals surface area contributed by atoms with Gasteiger partial charge in [-0.1, -0.05) is 0 Å². The predicted molar refractivity (Wildman–Crippen MR) is 62.2 cm³/mol. The fourth-order valence-corrected chi connectivity index (χ4v) is 2.51. The molecule has 2 heterocycles. The molecule has 0 bridgehead atoms. The third kappa shape index (κ3) is 2.95. The van der Waals surface area contributed by atoms with Crippen molar-refractivity contribution < 1.29 is 9.53 Å². The number of carbonyl (C=O) groups excluding carboxylic acids is 1. The Morgan fingerprint density at radius 1 is 1.38 bits per heavy atom. The van der Waals surface area contributed by atoms with Crippen LogP contribution in [0.1, 0.15) is 25.7 Å². The molecule has 0 aliphatic carbocycles. The number of hydrogen-bond acceptors (Lipinski definition) is 3. The first kappa shape index (κ1) is 11.9. The molecule has 1 amide bonds. The Morgan fingerprint density at radius 3 is 2.75 bits per heavy atom. The van der Waals surface area contributed by atoms with Crippen LogP contribution in [0, 0.1) is 5.92 Å². The summed E-state index contributed by atoms with van der Waals surface area (Å²) in [5.74, 6) is 0.876. The SMILES string of the molecule is CN(C(=O)CC1CCNCC1)C1CCOC1. The van der Waals surface area contributed by atoms with Crippen molar-refractivity contribution in [3.63, 3.8) is 0 Å². The zero-order valence-electron chi connectivity index (χ0n) is 10.1. The van der Waals surface area contributed by atoms with Gasteiger partial charge in [-0.2, -0.15) is 0 Å². The second-order valence-electron chi connectivity index (χ2n) is 4.92. The maximum atomic E-state index is 12.0. The molecular weight excluding hydrogens is 204 g/mol. The van der Waals surface area contributed by atoms with E-state index < -0.39 is 0 Å². The van der Waals surface area contributed by atoms with Gasteiger partial charge in [0.25, 0.3) is 0 Å². The van der Waals surface area contributed by atoms with Gasteiger partial charge < -0.3 is 15.0 Å². The summed E-state index contributed by atoms with van der Waals surface area (Å²) in [5.41, 5.74) is 0. The van der Waals surface area contributed by atoms with Crippen LogP contribution in [0.25, 0.3) is 0 Å². The minimum atomic E-state index is 0.294. The highest BCUT2D eigenvalue weighted by Crippen LogP contribution is 2.19. The van der Waals surface area contributed by atoms with E-state index in [9.17, 15) is 4.79 Å². The van der Waals surface area contributed by atoms with Gasteiger partial charge in [0, 0.05) is 20.1 Å². The molecule has 0 spiro atoms. The average molecular weight is 226 g/mol. The molecule has 92 valence electrons. The lowest BCUT2D eigenvalue weighted by Gasteiger charge is -2.27. The zero-order valence-corrected chi connectivity index (χ0v) is 10.1. The Bertz CT molecular complexity index is 233. The lowest BCUT2D eigenvalue weighted by Crippen LogP contribution is -2.39. The van der Waals surface area contributed by atoms with E-state index in [0.29, 0.717) is 30.9 Å². The van der Waals surface area contributed by atoms with Crippen LogP contribution in [0.15, 0.2) is 0 Å². The number of nitrogens with zero attached hydrogens (tertiary/aromatic N) is 1. The summed E-state index contributed by atoms with van der Waals surface area (Å²) in [6.45, 7) is 3.65. The molecule has 0 aromatic heterocycles. The number of carbonyl (C=O) groups is 1. The third-order valence-electron chi connectivity index (χ3n) is 3.77.